The summed E-state index contributed by atoms with van der Waals surface area (Å²) >= 11 is 0. The molecular weight excluding hydrogens is 178 g/mol. The third-order valence-electron chi connectivity index (χ3n) is 2.08. The van der Waals surface area contributed by atoms with Gasteiger partial charge in [-0.2, -0.15) is 0 Å². The zero-order valence-corrected chi connectivity index (χ0v) is 7.86. The average Bonchev–Trinajstić information content (AvgIpc) is 3.00. The second-order valence-electron chi connectivity index (χ2n) is 3.43. The number of amides is 1. The van der Waals surface area contributed by atoms with Crippen molar-refractivity contribution in [2.24, 2.45) is 0 Å². The van der Waals surface area contributed by atoms with Crippen LogP contribution in [0.3, 0.4) is 0 Å². The van der Waals surface area contributed by atoms with E-state index in [0.29, 0.717) is 12.6 Å². The Morgan fingerprint density at radius 1 is 1.43 bits per heavy atom. The molecule has 1 aliphatic rings. The summed E-state index contributed by atoms with van der Waals surface area (Å²) in [5.41, 5.74) is 0.922. The Bertz CT molecular complexity index is 308. The molecule has 1 aliphatic carbocycles. The quantitative estimate of drug-likeness (QED) is 0.739. The van der Waals surface area contributed by atoms with Gasteiger partial charge in [-0.3, -0.25) is 9.78 Å². The highest BCUT2D eigenvalue weighted by molar-refractivity contribution is 5.81. The molecule has 0 aliphatic heterocycles. The van der Waals surface area contributed by atoms with Crippen LogP contribution in [0.2, 0.25) is 0 Å². The van der Waals surface area contributed by atoms with Gasteiger partial charge < -0.3 is 10.6 Å². The molecule has 1 amide bonds. The minimum Gasteiger partial charge on any atom is -0.376 e. The number of nitrogens with one attached hydrogen (secondary N) is 2. The van der Waals surface area contributed by atoms with E-state index < -0.39 is 0 Å². The summed E-state index contributed by atoms with van der Waals surface area (Å²) < 4.78 is 0. The first-order valence-corrected chi connectivity index (χ1v) is 4.78. The molecule has 0 spiro atoms. The maximum absolute atomic E-state index is 11.3. The number of anilines is 1. The average molecular weight is 191 g/mol. The zero-order chi connectivity index (χ0) is 9.80. The van der Waals surface area contributed by atoms with Crippen LogP contribution in [0, 0.1) is 0 Å². The van der Waals surface area contributed by atoms with Crippen molar-refractivity contribution < 1.29 is 4.79 Å². The van der Waals surface area contributed by atoms with Crippen molar-refractivity contribution in [2.75, 3.05) is 11.9 Å². The lowest BCUT2D eigenvalue weighted by molar-refractivity contribution is -0.119. The molecule has 0 saturated heterocycles. The lowest BCUT2D eigenvalue weighted by Gasteiger charge is -2.05. The van der Waals surface area contributed by atoms with Gasteiger partial charge >= 0.3 is 0 Å². The van der Waals surface area contributed by atoms with E-state index in [1.165, 1.54) is 0 Å². The van der Waals surface area contributed by atoms with Crippen molar-refractivity contribution in [3.8, 4) is 0 Å². The van der Waals surface area contributed by atoms with Crippen LogP contribution in [0.25, 0.3) is 0 Å². The van der Waals surface area contributed by atoms with Crippen LogP contribution < -0.4 is 10.6 Å². The van der Waals surface area contributed by atoms with E-state index in [0.717, 1.165) is 18.5 Å². The fourth-order valence-electron chi connectivity index (χ4n) is 1.16. The first-order chi connectivity index (χ1) is 6.84. The first kappa shape index (κ1) is 8.99. The minimum absolute atomic E-state index is 0.0595. The maximum Gasteiger partial charge on any atom is 0.239 e. The zero-order valence-electron chi connectivity index (χ0n) is 7.86. The number of hydrogen-bond donors (Lipinski definition) is 2. The molecular formula is C10H13N3O. The summed E-state index contributed by atoms with van der Waals surface area (Å²) in [5.74, 6) is 0.0595. The third kappa shape index (κ3) is 2.73. The van der Waals surface area contributed by atoms with Gasteiger partial charge in [0.25, 0.3) is 0 Å². The predicted molar refractivity (Wildman–Crippen MR) is 53.9 cm³/mol. The van der Waals surface area contributed by atoms with Gasteiger partial charge in [0.1, 0.15) is 0 Å². The van der Waals surface area contributed by atoms with E-state index in [4.69, 9.17) is 0 Å². The number of pyridine rings is 1. The standard InChI is InChI=1S/C10H13N3O/c14-10(13-9-1-2-9)7-12-8-3-5-11-6-4-8/h3-6,9H,1-2,7H2,(H,11,12)(H,13,14). The Balaban J connectivity index is 1.73. The van der Waals surface area contributed by atoms with E-state index in [-0.39, 0.29) is 5.91 Å². The Kier molecular flexibility index (Phi) is 2.62. The molecule has 1 fully saturated rings. The summed E-state index contributed by atoms with van der Waals surface area (Å²) in [5, 5.41) is 5.93. The van der Waals surface area contributed by atoms with Gasteiger partial charge in [-0.05, 0) is 25.0 Å². The van der Waals surface area contributed by atoms with Gasteiger partial charge in [0.15, 0.2) is 0 Å². The lowest BCUT2D eigenvalue weighted by Crippen LogP contribution is -2.31. The van der Waals surface area contributed by atoms with E-state index in [1.54, 1.807) is 12.4 Å². The van der Waals surface area contributed by atoms with Crippen molar-refractivity contribution >= 4 is 11.6 Å². The van der Waals surface area contributed by atoms with Crippen LogP contribution in [-0.2, 0) is 4.79 Å². The molecule has 2 rings (SSSR count). The number of rotatable bonds is 4. The highest BCUT2D eigenvalue weighted by atomic mass is 16.2. The van der Waals surface area contributed by atoms with Crippen molar-refractivity contribution in [1.82, 2.24) is 10.3 Å². The molecule has 0 unspecified atom stereocenters. The van der Waals surface area contributed by atoms with Crippen LogP contribution in [0.5, 0.6) is 0 Å². The SMILES string of the molecule is O=C(CNc1ccncc1)NC1CC1. The smallest absolute Gasteiger partial charge is 0.239 e. The normalized spacial score (nSPS) is 14.9. The van der Waals surface area contributed by atoms with Crippen molar-refractivity contribution in [3.63, 3.8) is 0 Å². The highest BCUT2D eigenvalue weighted by Crippen LogP contribution is 2.18. The molecule has 1 saturated carbocycles. The molecule has 0 aromatic carbocycles. The topological polar surface area (TPSA) is 54.0 Å². The summed E-state index contributed by atoms with van der Waals surface area (Å²) in [4.78, 5) is 15.2. The summed E-state index contributed by atoms with van der Waals surface area (Å²) in [6.07, 6.45) is 5.64. The molecule has 4 heteroatoms. The molecule has 74 valence electrons. The van der Waals surface area contributed by atoms with Gasteiger partial charge in [-0.15, -0.1) is 0 Å². The monoisotopic (exact) mass is 191 g/mol. The van der Waals surface area contributed by atoms with Gasteiger partial charge in [-0.25, -0.2) is 0 Å². The van der Waals surface area contributed by atoms with E-state index >= 15 is 0 Å². The number of hydrogen-bond acceptors (Lipinski definition) is 3. The Hall–Kier alpha value is -1.58. The lowest BCUT2D eigenvalue weighted by atomic mass is 10.4. The first-order valence-electron chi connectivity index (χ1n) is 4.78. The summed E-state index contributed by atoms with van der Waals surface area (Å²) in [7, 11) is 0. The second kappa shape index (κ2) is 4.09. The van der Waals surface area contributed by atoms with Crippen molar-refractivity contribution in [1.29, 1.82) is 0 Å². The van der Waals surface area contributed by atoms with Crippen LogP contribution in [0.1, 0.15) is 12.8 Å². The van der Waals surface area contributed by atoms with Gasteiger partial charge in [0.05, 0.1) is 6.54 Å². The highest BCUT2D eigenvalue weighted by Gasteiger charge is 2.22. The van der Waals surface area contributed by atoms with E-state index in [1.807, 2.05) is 12.1 Å². The number of aromatic nitrogens is 1. The number of nitrogens with zero attached hydrogens (tertiary/aromatic N) is 1. The van der Waals surface area contributed by atoms with Gasteiger partial charge in [0, 0.05) is 24.1 Å². The number of carbonyl (C=O) groups excluding carboxylic acids is 1. The molecule has 4 nitrogen and oxygen atoms in total. The summed E-state index contributed by atoms with van der Waals surface area (Å²) in [6.45, 7) is 0.334. The minimum atomic E-state index is 0.0595. The molecule has 2 N–H and O–H groups in total. The maximum atomic E-state index is 11.3. The molecule has 14 heavy (non-hydrogen) atoms. The predicted octanol–water partition coefficient (Wildman–Crippen LogP) is 0.772. The van der Waals surface area contributed by atoms with Crippen LogP contribution in [0.15, 0.2) is 24.5 Å². The van der Waals surface area contributed by atoms with Crippen LogP contribution in [-0.4, -0.2) is 23.5 Å². The summed E-state index contributed by atoms with van der Waals surface area (Å²) in [6, 6.07) is 4.11. The Morgan fingerprint density at radius 3 is 2.79 bits per heavy atom. The van der Waals surface area contributed by atoms with Crippen LogP contribution >= 0.6 is 0 Å². The third-order valence-corrected chi connectivity index (χ3v) is 2.08. The fraction of sp³-hybridized carbons (Fsp3) is 0.400. The second-order valence-corrected chi connectivity index (χ2v) is 3.43. The largest absolute Gasteiger partial charge is 0.376 e. The van der Waals surface area contributed by atoms with Crippen LogP contribution in [0.4, 0.5) is 5.69 Å². The van der Waals surface area contributed by atoms with Crippen molar-refractivity contribution in [3.05, 3.63) is 24.5 Å². The molecule has 0 radical (unpaired) electrons. The Labute approximate surface area is 82.7 Å². The Morgan fingerprint density at radius 2 is 2.14 bits per heavy atom. The molecule has 0 atom stereocenters. The fourth-order valence-corrected chi connectivity index (χ4v) is 1.16. The van der Waals surface area contributed by atoms with E-state index in [2.05, 4.69) is 15.6 Å². The van der Waals surface area contributed by atoms with Gasteiger partial charge in [0.2, 0.25) is 5.91 Å². The van der Waals surface area contributed by atoms with Gasteiger partial charge in [-0.1, -0.05) is 0 Å². The molecule has 1 heterocycles. The number of carbonyl (C=O) groups is 1. The molecule has 1 aromatic heterocycles. The molecule has 1 aromatic rings. The van der Waals surface area contributed by atoms with Crippen molar-refractivity contribution in [2.45, 2.75) is 18.9 Å². The molecule has 0 bridgehead atoms. The van der Waals surface area contributed by atoms with E-state index in [9.17, 15) is 4.79 Å².